The van der Waals surface area contributed by atoms with Crippen LogP contribution in [0, 0.1) is 88.8 Å². The first-order valence-electron chi connectivity index (χ1n) is 30.3. The van der Waals surface area contributed by atoms with E-state index in [2.05, 4.69) is 116 Å². The number of aromatic hydroxyl groups is 2. The molecule has 0 unspecified atom stereocenters. The van der Waals surface area contributed by atoms with E-state index in [1.54, 1.807) is 7.11 Å². The number of phenols is 2. The molecule has 6 aliphatic carbocycles. The molecular weight excluding hydrogens is 979 g/mol. The van der Waals surface area contributed by atoms with Gasteiger partial charge in [-0.2, -0.15) is 13.5 Å². The van der Waals surface area contributed by atoms with E-state index in [1.165, 1.54) is 173 Å². The maximum atomic E-state index is 9.98. The van der Waals surface area contributed by atoms with E-state index in [4.69, 9.17) is 18.9 Å². The molecule has 0 amide bonds. The minimum atomic E-state index is 0. The standard InChI is InChI=1S/C23H34O2.2C22H32O2.2Na.H2S/c1-15-12-16(24-6)13-17-20(15)23(5)11-8-18-21(2,3)9-7-10-22(18,4)19(23)14-25-17;2*1-14-11-15(23)12-16-19(14)22(5)10-7-17-20(2,3)8-6-9-21(17,4)18(22)13-24-16;;;/h12-13,18-19H,7-11,14H2,1-6H3;2*11-12,17-18,23H,6-10,13H2,1-5H3;;;1H2/t18-,19+,22-,23+;2*17-,18+,21-,22+;;;/m000.../s1. The Bertz CT molecular complexity index is 2510. The molecule has 2 N–H and O–H groups in total. The van der Waals surface area contributed by atoms with Crippen molar-refractivity contribution < 1.29 is 29.2 Å². The van der Waals surface area contributed by atoms with Crippen molar-refractivity contribution in [3.8, 4) is 34.5 Å². The molecule has 0 bridgehead atoms. The monoisotopic (exact) mass is 1080 g/mol. The molecule has 6 saturated carbocycles. The number of aryl methyl sites for hydroxylation is 3. The summed E-state index contributed by atoms with van der Waals surface area (Å²) in [6.07, 6.45) is 19.9. The van der Waals surface area contributed by atoms with Crippen LogP contribution in [0.15, 0.2) is 36.4 Å². The summed E-state index contributed by atoms with van der Waals surface area (Å²) in [6, 6.07) is 11.8. The van der Waals surface area contributed by atoms with Gasteiger partial charge in [0.1, 0.15) is 34.5 Å². The molecule has 0 radical (unpaired) electrons. The average molecular weight is 1080 g/mol. The second-order valence-corrected chi connectivity index (χ2v) is 29.7. The van der Waals surface area contributed by atoms with Gasteiger partial charge in [-0.05, 0) is 183 Å². The van der Waals surface area contributed by atoms with Crippen molar-refractivity contribution in [2.75, 3.05) is 26.9 Å². The van der Waals surface area contributed by atoms with Gasteiger partial charge in [-0.3, -0.25) is 0 Å². The van der Waals surface area contributed by atoms with E-state index in [0.29, 0.717) is 61.7 Å². The number of hydrogen-bond acceptors (Lipinski definition) is 6. The topological polar surface area (TPSA) is 77.4 Å². The van der Waals surface area contributed by atoms with Crippen molar-refractivity contribution >= 4 is 57.1 Å². The van der Waals surface area contributed by atoms with Gasteiger partial charge in [0.25, 0.3) is 0 Å². The van der Waals surface area contributed by atoms with E-state index in [0.717, 1.165) is 60.6 Å². The number of ether oxygens (including phenoxy) is 4. The Balaban J connectivity index is 0.000000148. The van der Waals surface area contributed by atoms with Crippen LogP contribution in [0.5, 0.6) is 34.5 Å². The van der Waals surface area contributed by atoms with Gasteiger partial charge in [0.15, 0.2) is 0 Å². The third kappa shape index (κ3) is 9.79. The summed E-state index contributed by atoms with van der Waals surface area (Å²) in [6.45, 7) is 39.0. The third-order valence-corrected chi connectivity index (χ3v) is 24.4. The minimum absolute atomic E-state index is 0. The van der Waals surface area contributed by atoms with Crippen molar-refractivity contribution in [1.29, 1.82) is 0 Å². The number of methoxy groups -OCH3 is 1. The molecule has 3 heterocycles. The molecule has 3 aromatic rings. The van der Waals surface area contributed by atoms with Crippen LogP contribution in [-0.2, 0) is 16.2 Å². The number of rotatable bonds is 1. The van der Waals surface area contributed by atoms with Crippen LogP contribution >= 0.6 is 13.5 Å². The first-order valence-corrected chi connectivity index (χ1v) is 38.3. The van der Waals surface area contributed by atoms with E-state index < -0.39 is 0 Å². The summed E-state index contributed by atoms with van der Waals surface area (Å²) in [5.41, 5.74) is 10.9. The van der Waals surface area contributed by atoms with E-state index in [-0.39, 0.29) is 29.7 Å². The van der Waals surface area contributed by atoms with Crippen molar-refractivity contribution in [3.05, 3.63) is 69.8 Å². The summed E-state index contributed by atoms with van der Waals surface area (Å²) in [7, 11) is 1.74. The molecule has 12 atom stereocenters. The molecule has 3 aliphatic heterocycles. The van der Waals surface area contributed by atoms with Gasteiger partial charge >= 0.3 is 43.6 Å². The fourth-order valence-corrected chi connectivity index (χ4v) is 21.3. The molecule has 76 heavy (non-hydrogen) atoms. The van der Waals surface area contributed by atoms with Crippen LogP contribution in [0.2, 0.25) is 0 Å². The summed E-state index contributed by atoms with van der Waals surface area (Å²) < 4.78 is 24.4. The molecule has 412 valence electrons. The molecule has 6 fully saturated rings. The van der Waals surface area contributed by atoms with E-state index in [9.17, 15) is 10.2 Å². The predicted molar refractivity (Wildman–Crippen MR) is 320 cm³/mol. The first-order chi connectivity index (χ1) is 35.1. The molecule has 0 spiro atoms. The Hall–Kier alpha value is -1.19. The van der Waals surface area contributed by atoms with Crippen molar-refractivity contribution in [1.82, 2.24) is 0 Å². The van der Waals surface area contributed by atoms with Gasteiger partial charge in [0.2, 0.25) is 0 Å². The second-order valence-electron chi connectivity index (χ2n) is 29.7. The molecule has 0 saturated heterocycles. The zero-order valence-corrected chi connectivity index (χ0v) is 56.2. The molecule has 9 heteroatoms. The normalized spacial score (nSPS) is 38.2. The molecule has 0 aromatic heterocycles. The number of phenolic OH excluding ortho intramolecular Hbond substituents is 2. The summed E-state index contributed by atoms with van der Waals surface area (Å²) in [4.78, 5) is 0. The Morgan fingerprint density at radius 3 is 1.01 bits per heavy atom. The Morgan fingerprint density at radius 1 is 0.421 bits per heavy atom. The summed E-state index contributed by atoms with van der Waals surface area (Å²) in [5.74, 6) is 8.61. The second kappa shape index (κ2) is 21.5. The van der Waals surface area contributed by atoms with Gasteiger partial charge in [-0.15, -0.1) is 0 Å². The van der Waals surface area contributed by atoms with E-state index >= 15 is 0 Å². The third-order valence-electron chi connectivity index (χ3n) is 24.4. The summed E-state index contributed by atoms with van der Waals surface area (Å²) in [5, 5.41) is 20.0. The molecule has 9 aliphatic rings. The van der Waals surface area contributed by atoms with Gasteiger partial charge in [-0.25, -0.2) is 0 Å². The SMILES string of the molecule is COc1cc(C)c2c(c1)OC[C@@H]1[C@@]3(C)CCCC(C)(C)[C@@H]3CC[C@@]21C.Cc1cc(O)cc2c1[C@]1(C)CC[C@H]3C(C)(C)CCC[C@]3(C)[C@H]1CO2.Cc1cc(O)cc2c1[C@]1(C)CC[C@H]3C(C)(C)CCC[C@]3(C)[C@H]1CO2.S.[Na][Na]. The van der Waals surface area contributed by atoms with Crippen LogP contribution in [-0.4, -0.2) is 80.8 Å². The zero-order valence-electron chi connectivity index (χ0n) is 51.2. The van der Waals surface area contributed by atoms with Crippen LogP contribution in [0.1, 0.15) is 213 Å². The number of hydrogen-bond donors (Lipinski definition) is 2. The molecular formula is C67H100Na2O6S. The molecule has 6 nitrogen and oxygen atoms in total. The van der Waals surface area contributed by atoms with Crippen molar-refractivity contribution in [3.63, 3.8) is 0 Å². The Labute approximate surface area is 497 Å². The van der Waals surface area contributed by atoms with Crippen LogP contribution in [0.4, 0.5) is 0 Å². The predicted octanol–water partition coefficient (Wildman–Crippen LogP) is 16.4. The van der Waals surface area contributed by atoms with Crippen LogP contribution in [0.3, 0.4) is 0 Å². The van der Waals surface area contributed by atoms with Gasteiger partial charge in [0.05, 0.1) is 26.9 Å². The quantitative estimate of drug-likeness (QED) is 0.237. The fraction of sp³-hybridized carbons (Fsp3) is 0.731. The van der Waals surface area contributed by atoms with Crippen LogP contribution < -0.4 is 18.9 Å². The molecule has 12 rings (SSSR count). The Morgan fingerprint density at radius 2 is 0.711 bits per heavy atom. The maximum absolute atomic E-state index is 9.98. The zero-order chi connectivity index (χ0) is 54.7. The number of fused-ring (bicyclic) bond motifs is 15. The number of benzene rings is 3. The van der Waals surface area contributed by atoms with Crippen molar-refractivity contribution in [2.24, 2.45) is 68.0 Å². The van der Waals surface area contributed by atoms with Crippen LogP contribution in [0.25, 0.3) is 0 Å². The first kappa shape index (κ1) is 60.9. The Kier molecular flexibility index (Phi) is 17.3. The van der Waals surface area contributed by atoms with E-state index in [1.807, 2.05) is 24.3 Å². The molecule has 3 aromatic carbocycles. The summed E-state index contributed by atoms with van der Waals surface area (Å²) >= 11 is 2.89. The van der Waals surface area contributed by atoms with Gasteiger partial charge < -0.3 is 29.2 Å². The van der Waals surface area contributed by atoms with Crippen molar-refractivity contribution in [2.45, 2.75) is 216 Å². The fourth-order valence-electron chi connectivity index (χ4n) is 21.3. The van der Waals surface area contributed by atoms with Gasteiger partial charge in [-0.1, -0.05) is 102 Å². The average Bonchev–Trinajstić information content (AvgIpc) is 3.30. The van der Waals surface area contributed by atoms with Gasteiger partial charge in [0, 0.05) is 68.9 Å².